The Morgan fingerprint density at radius 1 is 1.19 bits per heavy atom. The fourth-order valence-electron chi connectivity index (χ4n) is 4.37. The highest BCUT2D eigenvalue weighted by Crippen LogP contribution is 2.39. The summed E-state index contributed by atoms with van der Waals surface area (Å²) in [6.45, 7) is 0. The standard InChI is InChI=1S/C18H24N6O2/c19-13-9-11-3-1-4-12(10-13)16(11)22-14(25)5-6-15-23-18(24-26-15)17-20-7-2-8-21-17/h2,7-8,11-13,16H,1,3-6,9-10,19H2,(H,22,25). The van der Waals surface area contributed by atoms with Crippen LogP contribution in [-0.4, -0.2) is 38.1 Å². The van der Waals surface area contributed by atoms with Gasteiger partial charge in [-0.1, -0.05) is 11.6 Å². The SMILES string of the molecule is NC1CC2CCCC(C1)C2NC(=O)CCc1nc(-c2ncccn2)no1. The Morgan fingerprint density at radius 2 is 1.92 bits per heavy atom. The topological polar surface area (TPSA) is 120 Å². The average Bonchev–Trinajstić information content (AvgIpc) is 3.11. The zero-order valence-electron chi connectivity index (χ0n) is 14.7. The lowest BCUT2D eigenvalue weighted by atomic mass is 9.67. The summed E-state index contributed by atoms with van der Waals surface area (Å²) in [6.07, 6.45) is 9.61. The van der Waals surface area contributed by atoms with Crippen LogP contribution in [0, 0.1) is 11.8 Å². The van der Waals surface area contributed by atoms with E-state index in [2.05, 4.69) is 25.4 Å². The molecule has 4 rings (SSSR count). The summed E-state index contributed by atoms with van der Waals surface area (Å²) in [5, 5.41) is 7.12. The molecule has 26 heavy (non-hydrogen) atoms. The van der Waals surface area contributed by atoms with Crippen LogP contribution < -0.4 is 11.1 Å². The molecule has 0 aromatic carbocycles. The third-order valence-corrected chi connectivity index (χ3v) is 5.50. The van der Waals surface area contributed by atoms with Gasteiger partial charge in [-0.05, 0) is 43.6 Å². The Morgan fingerprint density at radius 3 is 2.65 bits per heavy atom. The predicted molar refractivity (Wildman–Crippen MR) is 93.6 cm³/mol. The van der Waals surface area contributed by atoms with Gasteiger partial charge in [0.25, 0.3) is 0 Å². The largest absolute Gasteiger partial charge is 0.353 e. The molecule has 0 saturated heterocycles. The van der Waals surface area contributed by atoms with Gasteiger partial charge in [-0.2, -0.15) is 4.98 Å². The quantitative estimate of drug-likeness (QED) is 0.832. The molecule has 2 aromatic heterocycles. The molecule has 8 heteroatoms. The van der Waals surface area contributed by atoms with Crippen LogP contribution >= 0.6 is 0 Å². The van der Waals surface area contributed by atoms with E-state index in [0.29, 0.717) is 42.2 Å². The molecular formula is C18H24N6O2. The van der Waals surface area contributed by atoms with Crippen molar-refractivity contribution in [1.82, 2.24) is 25.4 Å². The Kier molecular flexibility index (Phi) is 4.92. The normalized spacial score (nSPS) is 27.9. The van der Waals surface area contributed by atoms with Crippen molar-refractivity contribution in [3.63, 3.8) is 0 Å². The summed E-state index contributed by atoms with van der Waals surface area (Å²) in [5.41, 5.74) is 6.15. The molecule has 2 aromatic rings. The van der Waals surface area contributed by atoms with Gasteiger partial charge in [0.05, 0.1) is 0 Å². The van der Waals surface area contributed by atoms with Crippen molar-refractivity contribution in [3.8, 4) is 11.6 Å². The molecule has 8 nitrogen and oxygen atoms in total. The molecule has 0 radical (unpaired) electrons. The molecule has 2 aliphatic rings. The summed E-state index contributed by atoms with van der Waals surface area (Å²) in [5.74, 6) is 2.26. The number of carbonyl (C=O) groups is 1. The van der Waals surface area contributed by atoms with Gasteiger partial charge >= 0.3 is 0 Å². The van der Waals surface area contributed by atoms with E-state index in [4.69, 9.17) is 10.3 Å². The van der Waals surface area contributed by atoms with Gasteiger partial charge in [-0.25, -0.2) is 9.97 Å². The van der Waals surface area contributed by atoms with E-state index < -0.39 is 0 Å². The second-order valence-corrected chi connectivity index (χ2v) is 7.36. The van der Waals surface area contributed by atoms with Crippen molar-refractivity contribution in [2.75, 3.05) is 0 Å². The summed E-state index contributed by atoms with van der Waals surface area (Å²) >= 11 is 0. The van der Waals surface area contributed by atoms with E-state index in [1.807, 2.05) is 0 Å². The maximum absolute atomic E-state index is 12.4. The fourth-order valence-corrected chi connectivity index (χ4v) is 4.37. The van der Waals surface area contributed by atoms with Crippen molar-refractivity contribution < 1.29 is 9.32 Å². The number of nitrogens with two attached hydrogens (primary N) is 1. The van der Waals surface area contributed by atoms with Gasteiger partial charge in [-0.15, -0.1) is 0 Å². The van der Waals surface area contributed by atoms with E-state index in [1.54, 1.807) is 18.5 Å². The lowest BCUT2D eigenvalue weighted by Gasteiger charge is -2.45. The number of rotatable bonds is 5. The first-order valence-electron chi connectivity index (χ1n) is 9.34. The highest BCUT2D eigenvalue weighted by molar-refractivity contribution is 5.76. The van der Waals surface area contributed by atoms with E-state index >= 15 is 0 Å². The second kappa shape index (κ2) is 7.49. The highest BCUT2D eigenvalue weighted by Gasteiger charge is 2.39. The lowest BCUT2D eigenvalue weighted by Crippen LogP contribution is -2.53. The summed E-state index contributed by atoms with van der Waals surface area (Å²) in [7, 11) is 0. The molecule has 2 atom stereocenters. The number of aryl methyl sites for hydroxylation is 1. The van der Waals surface area contributed by atoms with Crippen LogP contribution in [0.2, 0.25) is 0 Å². The molecule has 1 amide bonds. The third-order valence-electron chi connectivity index (χ3n) is 5.50. The number of aromatic nitrogens is 4. The molecule has 0 aliphatic heterocycles. The molecule has 2 bridgehead atoms. The first-order chi connectivity index (χ1) is 12.7. The van der Waals surface area contributed by atoms with Crippen LogP contribution in [0.4, 0.5) is 0 Å². The average molecular weight is 356 g/mol. The molecule has 2 fully saturated rings. The molecule has 2 unspecified atom stereocenters. The van der Waals surface area contributed by atoms with Crippen LogP contribution in [-0.2, 0) is 11.2 Å². The Hall–Kier alpha value is -2.35. The third kappa shape index (κ3) is 3.75. The molecule has 2 aliphatic carbocycles. The lowest BCUT2D eigenvalue weighted by molar-refractivity contribution is -0.123. The smallest absolute Gasteiger partial charge is 0.240 e. The van der Waals surface area contributed by atoms with Crippen LogP contribution in [0.15, 0.2) is 23.0 Å². The first kappa shape index (κ1) is 17.1. The predicted octanol–water partition coefficient (Wildman–Crippen LogP) is 1.48. The number of fused-ring (bicyclic) bond motifs is 2. The Bertz CT molecular complexity index is 735. The molecular weight excluding hydrogens is 332 g/mol. The zero-order chi connectivity index (χ0) is 17.9. The molecule has 0 spiro atoms. The summed E-state index contributed by atoms with van der Waals surface area (Å²) in [4.78, 5) is 24.9. The number of nitrogens with one attached hydrogen (secondary N) is 1. The van der Waals surface area contributed by atoms with Crippen molar-refractivity contribution in [2.45, 2.75) is 57.0 Å². The van der Waals surface area contributed by atoms with Crippen molar-refractivity contribution in [1.29, 1.82) is 0 Å². The van der Waals surface area contributed by atoms with Crippen LogP contribution in [0.5, 0.6) is 0 Å². The summed E-state index contributed by atoms with van der Waals surface area (Å²) in [6, 6.07) is 2.28. The summed E-state index contributed by atoms with van der Waals surface area (Å²) < 4.78 is 5.21. The van der Waals surface area contributed by atoms with E-state index in [0.717, 1.165) is 12.8 Å². The van der Waals surface area contributed by atoms with Gasteiger partial charge in [0.1, 0.15) is 0 Å². The van der Waals surface area contributed by atoms with Crippen molar-refractivity contribution >= 4 is 5.91 Å². The number of carbonyl (C=O) groups excluding carboxylic acids is 1. The number of nitrogens with zero attached hydrogens (tertiary/aromatic N) is 4. The van der Waals surface area contributed by atoms with Crippen LogP contribution in [0.25, 0.3) is 11.6 Å². The van der Waals surface area contributed by atoms with E-state index in [-0.39, 0.29) is 18.0 Å². The molecule has 2 heterocycles. The zero-order valence-corrected chi connectivity index (χ0v) is 14.7. The highest BCUT2D eigenvalue weighted by atomic mass is 16.5. The number of hydrogen-bond acceptors (Lipinski definition) is 7. The minimum atomic E-state index is 0.0399. The van der Waals surface area contributed by atoms with Crippen LogP contribution in [0.3, 0.4) is 0 Å². The monoisotopic (exact) mass is 356 g/mol. The molecule has 3 N–H and O–H groups in total. The van der Waals surface area contributed by atoms with Crippen molar-refractivity contribution in [2.24, 2.45) is 17.6 Å². The maximum Gasteiger partial charge on any atom is 0.240 e. The minimum absolute atomic E-state index is 0.0399. The van der Waals surface area contributed by atoms with Gasteiger partial charge in [0, 0.05) is 37.3 Å². The van der Waals surface area contributed by atoms with Crippen LogP contribution in [0.1, 0.15) is 44.4 Å². The Balaban J connectivity index is 1.31. The van der Waals surface area contributed by atoms with Gasteiger partial charge < -0.3 is 15.6 Å². The first-order valence-corrected chi connectivity index (χ1v) is 9.34. The van der Waals surface area contributed by atoms with Gasteiger partial charge in [-0.3, -0.25) is 4.79 Å². The number of amides is 1. The van der Waals surface area contributed by atoms with Gasteiger partial charge in [0.2, 0.25) is 23.4 Å². The maximum atomic E-state index is 12.4. The molecule has 138 valence electrons. The van der Waals surface area contributed by atoms with Gasteiger partial charge in [0.15, 0.2) is 0 Å². The van der Waals surface area contributed by atoms with E-state index in [9.17, 15) is 4.79 Å². The van der Waals surface area contributed by atoms with E-state index in [1.165, 1.54) is 19.3 Å². The fraction of sp³-hybridized carbons (Fsp3) is 0.611. The van der Waals surface area contributed by atoms with Crippen molar-refractivity contribution in [3.05, 3.63) is 24.4 Å². The Labute approximate surface area is 152 Å². The minimum Gasteiger partial charge on any atom is -0.353 e. The number of hydrogen-bond donors (Lipinski definition) is 2. The second-order valence-electron chi connectivity index (χ2n) is 7.36. The molecule has 2 saturated carbocycles.